The number of aryl methyl sites for hydroxylation is 1. The number of carbonyl (C=O) groups is 1. The highest BCUT2D eigenvalue weighted by atomic mass is 19.1. The van der Waals surface area contributed by atoms with Gasteiger partial charge in [0.2, 0.25) is 12.4 Å². The fraction of sp³-hybridized carbons (Fsp3) is 0.500. The Morgan fingerprint density at radius 3 is 2.96 bits per heavy atom. The van der Waals surface area contributed by atoms with Gasteiger partial charge in [-0.1, -0.05) is 6.92 Å². The first-order chi connectivity index (χ1) is 12.0. The summed E-state index contributed by atoms with van der Waals surface area (Å²) in [5.74, 6) is 0.790. The minimum atomic E-state index is -0.466. The standard InChI is InChI=1S/C16H20FN7O/c1-10-3-11-6-24(8-16(10,11)19-9-25)14-13(17)5-18-15(22-14)21-12-4-20-23(2)7-12/h4-5,7,9-11H,3,6,8H2,1-2H3,(H,19,25)(H,18,21,22)/t10-,11-,16+/m1/s1. The van der Waals surface area contributed by atoms with Gasteiger partial charge in [0.05, 0.1) is 23.6 Å². The Balaban J connectivity index is 1.58. The summed E-state index contributed by atoms with van der Waals surface area (Å²) in [5, 5.41) is 10.1. The molecular formula is C16H20FN7O. The molecule has 2 aliphatic rings. The Morgan fingerprint density at radius 2 is 2.28 bits per heavy atom. The highest BCUT2D eigenvalue weighted by molar-refractivity contribution is 5.56. The van der Waals surface area contributed by atoms with E-state index in [1.54, 1.807) is 17.1 Å². The number of halogens is 1. The molecule has 0 spiro atoms. The van der Waals surface area contributed by atoms with E-state index in [1.165, 1.54) is 6.20 Å². The van der Waals surface area contributed by atoms with E-state index < -0.39 is 5.82 Å². The van der Waals surface area contributed by atoms with Gasteiger partial charge in [-0.25, -0.2) is 9.37 Å². The summed E-state index contributed by atoms with van der Waals surface area (Å²) >= 11 is 0. The van der Waals surface area contributed by atoms with Crippen LogP contribution in [0.1, 0.15) is 13.3 Å². The molecule has 9 heteroatoms. The molecule has 0 radical (unpaired) electrons. The van der Waals surface area contributed by atoms with Gasteiger partial charge in [-0.2, -0.15) is 10.1 Å². The zero-order valence-corrected chi connectivity index (χ0v) is 14.1. The first-order valence-corrected chi connectivity index (χ1v) is 8.26. The number of hydrogen-bond donors (Lipinski definition) is 2. The summed E-state index contributed by atoms with van der Waals surface area (Å²) < 4.78 is 16.0. The van der Waals surface area contributed by atoms with Gasteiger partial charge < -0.3 is 15.5 Å². The van der Waals surface area contributed by atoms with Crippen LogP contribution in [0.25, 0.3) is 0 Å². The molecule has 0 bridgehead atoms. The van der Waals surface area contributed by atoms with Crippen LogP contribution < -0.4 is 15.5 Å². The molecule has 1 saturated heterocycles. The van der Waals surface area contributed by atoms with E-state index in [1.807, 2.05) is 11.9 Å². The molecule has 4 rings (SSSR count). The fourth-order valence-corrected chi connectivity index (χ4v) is 4.09. The second kappa shape index (κ2) is 5.68. The van der Waals surface area contributed by atoms with Gasteiger partial charge in [0.1, 0.15) is 0 Å². The lowest BCUT2D eigenvalue weighted by Crippen LogP contribution is -2.63. The first kappa shape index (κ1) is 15.8. The minimum Gasteiger partial charge on any atom is -0.351 e. The van der Waals surface area contributed by atoms with Crippen molar-refractivity contribution in [3.63, 3.8) is 0 Å². The van der Waals surface area contributed by atoms with Gasteiger partial charge in [0.25, 0.3) is 0 Å². The van der Waals surface area contributed by atoms with Crippen molar-refractivity contribution in [2.24, 2.45) is 18.9 Å². The van der Waals surface area contributed by atoms with Crippen molar-refractivity contribution >= 4 is 23.9 Å². The van der Waals surface area contributed by atoms with Gasteiger partial charge in [-0.3, -0.25) is 9.48 Å². The SMILES string of the molecule is C[C@@H]1C[C@@H]2CN(c3nc(Nc4cnn(C)c4)ncc3F)C[C@@]21NC=O. The maximum absolute atomic E-state index is 14.3. The molecule has 2 aromatic heterocycles. The van der Waals surface area contributed by atoms with Crippen molar-refractivity contribution in [3.8, 4) is 0 Å². The Hall–Kier alpha value is -2.71. The maximum Gasteiger partial charge on any atom is 0.229 e. The average molecular weight is 345 g/mol. The molecule has 1 saturated carbocycles. The van der Waals surface area contributed by atoms with Crippen LogP contribution in [0, 0.1) is 17.7 Å². The van der Waals surface area contributed by atoms with Gasteiger partial charge in [0.15, 0.2) is 11.6 Å². The van der Waals surface area contributed by atoms with Crippen LogP contribution >= 0.6 is 0 Å². The summed E-state index contributed by atoms with van der Waals surface area (Å²) in [5.41, 5.74) is 0.449. The Bertz CT molecular complexity index is 810. The molecule has 0 aromatic carbocycles. The fourth-order valence-electron chi connectivity index (χ4n) is 4.09. The highest BCUT2D eigenvalue weighted by Crippen LogP contribution is 2.49. The van der Waals surface area contributed by atoms with Crippen molar-refractivity contribution in [1.82, 2.24) is 25.1 Å². The molecule has 1 amide bonds. The van der Waals surface area contributed by atoms with Crippen molar-refractivity contribution in [1.29, 1.82) is 0 Å². The first-order valence-electron chi connectivity index (χ1n) is 8.26. The lowest BCUT2D eigenvalue weighted by atomic mass is 9.61. The van der Waals surface area contributed by atoms with E-state index in [0.29, 0.717) is 30.9 Å². The van der Waals surface area contributed by atoms with Crippen LogP contribution in [0.2, 0.25) is 0 Å². The third kappa shape index (κ3) is 2.50. The van der Waals surface area contributed by atoms with Crippen LogP contribution in [0.4, 0.5) is 21.8 Å². The molecule has 2 fully saturated rings. The molecule has 0 unspecified atom stereocenters. The number of hydrogen-bond acceptors (Lipinski definition) is 6. The van der Waals surface area contributed by atoms with Crippen molar-refractivity contribution in [2.45, 2.75) is 18.9 Å². The summed E-state index contributed by atoms with van der Waals surface area (Å²) in [6, 6.07) is 0. The van der Waals surface area contributed by atoms with E-state index in [4.69, 9.17) is 0 Å². The van der Waals surface area contributed by atoms with E-state index >= 15 is 0 Å². The van der Waals surface area contributed by atoms with E-state index in [9.17, 15) is 9.18 Å². The van der Waals surface area contributed by atoms with Crippen molar-refractivity contribution in [2.75, 3.05) is 23.3 Å². The van der Waals surface area contributed by atoms with Gasteiger partial charge >= 0.3 is 0 Å². The third-order valence-corrected chi connectivity index (χ3v) is 5.45. The molecule has 1 aliphatic heterocycles. The lowest BCUT2D eigenvalue weighted by Gasteiger charge is -2.49. The van der Waals surface area contributed by atoms with E-state index in [0.717, 1.165) is 18.5 Å². The Labute approximate surface area is 144 Å². The smallest absolute Gasteiger partial charge is 0.229 e. The summed E-state index contributed by atoms with van der Waals surface area (Å²) in [4.78, 5) is 21.3. The minimum absolute atomic E-state index is 0.259. The maximum atomic E-state index is 14.3. The monoisotopic (exact) mass is 345 g/mol. The molecule has 2 aromatic rings. The van der Waals surface area contributed by atoms with Crippen LogP contribution in [0.5, 0.6) is 0 Å². The Morgan fingerprint density at radius 1 is 1.44 bits per heavy atom. The molecule has 1 aliphatic carbocycles. The number of anilines is 3. The highest BCUT2D eigenvalue weighted by Gasteiger charge is 2.58. The molecule has 3 heterocycles. The average Bonchev–Trinajstić information content (AvgIpc) is 3.11. The van der Waals surface area contributed by atoms with Crippen molar-refractivity contribution < 1.29 is 9.18 Å². The van der Waals surface area contributed by atoms with Crippen molar-refractivity contribution in [3.05, 3.63) is 24.4 Å². The number of rotatable bonds is 5. The zero-order chi connectivity index (χ0) is 17.6. The quantitative estimate of drug-likeness (QED) is 0.788. The molecule has 2 N–H and O–H groups in total. The largest absolute Gasteiger partial charge is 0.351 e. The Kier molecular flexibility index (Phi) is 3.59. The molecule has 3 atom stereocenters. The number of nitrogens with zero attached hydrogens (tertiary/aromatic N) is 5. The van der Waals surface area contributed by atoms with Gasteiger partial charge in [0, 0.05) is 32.3 Å². The zero-order valence-electron chi connectivity index (χ0n) is 14.1. The molecule has 8 nitrogen and oxygen atoms in total. The summed E-state index contributed by atoms with van der Waals surface area (Å²) in [6.45, 7) is 3.34. The second-order valence-corrected chi connectivity index (χ2v) is 6.91. The number of nitrogens with one attached hydrogen (secondary N) is 2. The van der Waals surface area contributed by atoms with Gasteiger partial charge in [-0.15, -0.1) is 0 Å². The predicted octanol–water partition coefficient (Wildman–Crippen LogP) is 1.05. The number of fused-ring (bicyclic) bond motifs is 1. The molecule has 132 valence electrons. The number of amides is 1. The van der Waals surface area contributed by atoms with E-state index in [2.05, 4.69) is 32.6 Å². The summed E-state index contributed by atoms with van der Waals surface area (Å²) in [7, 11) is 1.81. The summed E-state index contributed by atoms with van der Waals surface area (Å²) in [6.07, 6.45) is 6.37. The molecular weight excluding hydrogens is 325 g/mol. The second-order valence-electron chi connectivity index (χ2n) is 6.91. The number of aromatic nitrogens is 4. The normalized spacial score (nSPS) is 27.6. The number of carbonyl (C=O) groups excluding carboxylic acids is 1. The van der Waals surface area contributed by atoms with Crippen LogP contribution in [-0.2, 0) is 11.8 Å². The topological polar surface area (TPSA) is 88.0 Å². The van der Waals surface area contributed by atoms with Gasteiger partial charge in [-0.05, 0) is 12.3 Å². The van der Waals surface area contributed by atoms with E-state index in [-0.39, 0.29) is 11.4 Å². The van der Waals surface area contributed by atoms with Crippen LogP contribution in [0.3, 0.4) is 0 Å². The lowest BCUT2D eigenvalue weighted by molar-refractivity contribution is -0.114. The predicted molar refractivity (Wildman–Crippen MR) is 89.9 cm³/mol. The van der Waals surface area contributed by atoms with Crippen LogP contribution in [0.15, 0.2) is 18.6 Å². The van der Waals surface area contributed by atoms with Crippen LogP contribution in [-0.4, -0.2) is 44.8 Å². The third-order valence-electron chi connectivity index (χ3n) is 5.45. The molecule has 25 heavy (non-hydrogen) atoms.